The number of hydrogen-bond donors (Lipinski definition) is 2. The van der Waals surface area contributed by atoms with Crippen molar-refractivity contribution in [2.75, 3.05) is 13.2 Å². The number of amides is 2. The van der Waals surface area contributed by atoms with E-state index in [1.165, 1.54) is 11.1 Å². The Bertz CT molecular complexity index is 804. The number of hydrogen-bond acceptors (Lipinski definition) is 3. The molecular weight excluding hydrogens is 340 g/mol. The van der Waals surface area contributed by atoms with Crippen molar-refractivity contribution in [3.63, 3.8) is 0 Å². The fourth-order valence-corrected chi connectivity index (χ4v) is 3.46. The lowest BCUT2D eigenvalue weighted by atomic mass is 10.1. The van der Waals surface area contributed by atoms with Crippen LogP contribution in [0.2, 0.25) is 0 Å². The molecule has 1 aliphatic rings. The summed E-state index contributed by atoms with van der Waals surface area (Å²) in [6, 6.07) is 15.5. The van der Waals surface area contributed by atoms with Crippen molar-refractivity contribution in [3.05, 3.63) is 65.2 Å². The Kier molecular flexibility index (Phi) is 6.47. The highest BCUT2D eigenvalue weighted by Gasteiger charge is 2.23. The molecule has 2 N–H and O–H groups in total. The van der Waals surface area contributed by atoms with E-state index in [1.54, 1.807) is 12.1 Å². The van der Waals surface area contributed by atoms with Crippen LogP contribution in [-0.4, -0.2) is 25.0 Å². The summed E-state index contributed by atoms with van der Waals surface area (Å²) in [5, 5.41) is 5.97. The van der Waals surface area contributed by atoms with Gasteiger partial charge in [-0.25, -0.2) is 0 Å². The molecule has 1 unspecified atom stereocenters. The van der Waals surface area contributed by atoms with Gasteiger partial charge >= 0.3 is 0 Å². The highest BCUT2D eigenvalue weighted by Crippen LogP contribution is 2.30. The molecule has 2 aromatic rings. The molecule has 2 aromatic carbocycles. The number of carbonyl (C=O) groups excluding carboxylic acids is 2. The van der Waals surface area contributed by atoms with E-state index in [-0.39, 0.29) is 17.9 Å². The predicted octanol–water partition coefficient (Wildman–Crippen LogP) is 3.40. The molecular formula is C22H26N2O3. The van der Waals surface area contributed by atoms with E-state index in [0.29, 0.717) is 37.3 Å². The molecule has 0 saturated heterocycles. The first-order valence-corrected chi connectivity index (χ1v) is 9.56. The second-order valence-electron chi connectivity index (χ2n) is 6.65. The minimum Gasteiger partial charge on any atom is -0.493 e. The Morgan fingerprint density at radius 2 is 1.89 bits per heavy atom. The van der Waals surface area contributed by atoms with Crippen molar-refractivity contribution < 1.29 is 14.3 Å². The van der Waals surface area contributed by atoms with Crippen molar-refractivity contribution in [2.24, 2.45) is 0 Å². The third-order valence-electron chi connectivity index (χ3n) is 4.77. The van der Waals surface area contributed by atoms with Crippen LogP contribution in [0.4, 0.5) is 0 Å². The zero-order valence-electron chi connectivity index (χ0n) is 15.7. The Morgan fingerprint density at radius 1 is 1.11 bits per heavy atom. The van der Waals surface area contributed by atoms with Crippen molar-refractivity contribution in [1.82, 2.24) is 10.6 Å². The number of rotatable bonds is 8. The van der Waals surface area contributed by atoms with E-state index in [0.717, 1.165) is 12.8 Å². The van der Waals surface area contributed by atoms with E-state index in [2.05, 4.69) is 22.8 Å². The van der Waals surface area contributed by atoms with Crippen LogP contribution in [0.1, 0.15) is 53.7 Å². The maximum absolute atomic E-state index is 12.3. The highest BCUT2D eigenvalue weighted by atomic mass is 16.5. The van der Waals surface area contributed by atoms with E-state index in [1.807, 2.05) is 31.2 Å². The SMILES string of the molecule is CCOc1ccccc1C(=O)NCCCC(=O)NC1CCc2ccccc21. The largest absolute Gasteiger partial charge is 0.493 e. The topological polar surface area (TPSA) is 67.4 Å². The molecule has 0 heterocycles. The number of fused-ring (bicyclic) bond motifs is 1. The van der Waals surface area contributed by atoms with Crippen LogP contribution >= 0.6 is 0 Å². The normalized spacial score (nSPS) is 15.1. The van der Waals surface area contributed by atoms with Crippen molar-refractivity contribution in [3.8, 4) is 5.75 Å². The second-order valence-corrected chi connectivity index (χ2v) is 6.65. The van der Waals surface area contributed by atoms with Crippen LogP contribution in [0.5, 0.6) is 5.75 Å². The molecule has 1 aliphatic carbocycles. The summed E-state index contributed by atoms with van der Waals surface area (Å²) in [5.74, 6) is 0.431. The number of benzene rings is 2. The Labute approximate surface area is 160 Å². The van der Waals surface area contributed by atoms with Crippen molar-refractivity contribution in [2.45, 2.75) is 38.6 Å². The number of ether oxygens (including phenoxy) is 1. The molecule has 0 aromatic heterocycles. The summed E-state index contributed by atoms with van der Waals surface area (Å²) < 4.78 is 5.48. The number of nitrogens with one attached hydrogen (secondary N) is 2. The standard InChI is InChI=1S/C22H26N2O3/c1-2-27-20-11-6-5-10-18(20)22(26)23-15-7-12-21(25)24-19-14-13-16-8-3-4-9-17(16)19/h3-6,8-11,19H,2,7,12-15H2,1H3,(H,23,26)(H,24,25). The van der Waals surface area contributed by atoms with Gasteiger partial charge in [0.15, 0.2) is 0 Å². The molecule has 0 fully saturated rings. The molecule has 2 amide bonds. The average Bonchev–Trinajstić information content (AvgIpc) is 3.09. The van der Waals surface area contributed by atoms with Crippen LogP contribution in [0.15, 0.2) is 48.5 Å². The van der Waals surface area contributed by atoms with Crippen LogP contribution < -0.4 is 15.4 Å². The molecule has 1 atom stereocenters. The fourth-order valence-electron chi connectivity index (χ4n) is 3.46. The summed E-state index contributed by atoms with van der Waals surface area (Å²) in [6.07, 6.45) is 2.96. The summed E-state index contributed by atoms with van der Waals surface area (Å²) in [4.78, 5) is 24.5. The van der Waals surface area contributed by atoms with Crippen LogP contribution in [-0.2, 0) is 11.2 Å². The van der Waals surface area contributed by atoms with Gasteiger partial charge in [-0.3, -0.25) is 9.59 Å². The van der Waals surface area contributed by atoms with Gasteiger partial charge in [-0.1, -0.05) is 36.4 Å². The van der Waals surface area contributed by atoms with Crippen LogP contribution in [0, 0.1) is 0 Å². The first kappa shape index (κ1) is 19.0. The van der Waals surface area contributed by atoms with Gasteiger partial charge in [0, 0.05) is 13.0 Å². The average molecular weight is 366 g/mol. The van der Waals surface area contributed by atoms with E-state index in [9.17, 15) is 9.59 Å². The minimum absolute atomic E-state index is 0.0284. The lowest BCUT2D eigenvalue weighted by molar-refractivity contribution is -0.121. The second kappa shape index (κ2) is 9.21. The van der Waals surface area contributed by atoms with Crippen LogP contribution in [0.3, 0.4) is 0 Å². The molecule has 0 spiro atoms. The van der Waals surface area contributed by atoms with Gasteiger partial charge in [-0.2, -0.15) is 0 Å². The fraction of sp³-hybridized carbons (Fsp3) is 0.364. The number of para-hydroxylation sites is 1. The molecule has 0 bridgehead atoms. The first-order valence-electron chi connectivity index (χ1n) is 9.56. The summed E-state index contributed by atoms with van der Waals surface area (Å²) in [7, 11) is 0. The Hall–Kier alpha value is -2.82. The number of aryl methyl sites for hydroxylation is 1. The smallest absolute Gasteiger partial charge is 0.255 e. The maximum Gasteiger partial charge on any atom is 0.255 e. The van der Waals surface area contributed by atoms with Gasteiger partial charge in [0.25, 0.3) is 5.91 Å². The van der Waals surface area contributed by atoms with E-state index < -0.39 is 0 Å². The van der Waals surface area contributed by atoms with Gasteiger partial charge in [0.05, 0.1) is 18.2 Å². The summed E-state index contributed by atoms with van der Waals surface area (Å²) in [6.45, 7) is 2.85. The van der Waals surface area contributed by atoms with Gasteiger partial charge in [-0.15, -0.1) is 0 Å². The lowest BCUT2D eigenvalue weighted by Gasteiger charge is -2.14. The zero-order chi connectivity index (χ0) is 19.1. The first-order chi connectivity index (χ1) is 13.2. The quantitative estimate of drug-likeness (QED) is 0.704. The highest BCUT2D eigenvalue weighted by molar-refractivity contribution is 5.96. The zero-order valence-corrected chi connectivity index (χ0v) is 15.7. The summed E-state index contributed by atoms with van der Waals surface area (Å²) >= 11 is 0. The van der Waals surface area contributed by atoms with Crippen molar-refractivity contribution in [1.29, 1.82) is 0 Å². The summed E-state index contributed by atoms with van der Waals surface area (Å²) in [5.41, 5.74) is 3.07. The van der Waals surface area contributed by atoms with Gasteiger partial charge in [-0.05, 0) is 49.4 Å². The molecule has 5 nitrogen and oxygen atoms in total. The third-order valence-corrected chi connectivity index (χ3v) is 4.77. The van der Waals surface area contributed by atoms with Gasteiger partial charge < -0.3 is 15.4 Å². The van der Waals surface area contributed by atoms with E-state index in [4.69, 9.17) is 4.74 Å². The van der Waals surface area contributed by atoms with Crippen LogP contribution in [0.25, 0.3) is 0 Å². The Morgan fingerprint density at radius 3 is 2.74 bits per heavy atom. The Balaban J connectivity index is 1.42. The minimum atomic E-state index is -0.177. The third kappa shape index (κ3) is 4.88. The van der Waals surface area contributed by atoms with Gasteiger partial charge in [0.1, 0.15) is 5.75 Å². The van der Waals surface area contributed by atoms with Crippen molar-refractivity contribution >= 4 is 11.8 Å². The maximum atomic E-state index is 12.3. The van der Waals surface area contributed by atoms with Gasteiger partial charge in [0.2, 0.25) is 5.91 Å². The molecule has 0 saturated carbocycles. The molecule has 0 aliphatic heterocycles. The predicted molar refractivity (Wildman–Crippen MR) is 105 cm³/mol. The molecule has 27 heavy (non-hydrogen) atoms. The molecule has 142 valence electrons. The molecule has 3 rings (SSSR count). The molecule has 0 radical (unpaired) electrons. The van der Waals surface area contributed by atoms with E-state index >= 15 is 0 Å². The monoisotopic (exact) mass is 366 g/mol. The molecule has 5 heteroatoms. The number of carbonyl (C=O) groups is 2. The lowest BCUT2D eigenvalue weighted by Crippen LogP contribution is -2.29.